The van der Waals surface area contributed by atoms with E-state index in [0.29, 0.717) is 6.54 Å². The number of carbonyl (C=O) groups excluding carboxylic acids is 1. The lowest BCUT2D eigenvalue weighted by molar-refractivity contribution is -0.123. The van der Waals surface area contributed by atoms with Crippen LogP contribution in [0.5, 0.6) is 0 Å². The molecular weight excluding hydrogens is 293 g/mol. The lowest BCUT2D eigenvalue weighted by atomic mass is 10.0. The molecule has 0 radical (unpaired) electrons. The van der Waals surface area contributed by atoms with Crippen LogP contribution in [0.1, 0.15) is 24.3 Å². The molecule has 0 aliphatic carbocycles. The van der Waals surface area contributed by atoms with Crippen LogP contribution in [0.2, 0.25) is 0 Å². The highest BCUT2D eigenvalue weighted by molar-refractivity contribution is 7.09. The molecule has 7 heteroatoms. The average molecular weight is 312 g/mol. The van der Waals surface area contributed by atoms with Crippen LogP contribution in [0.3, 0.4) is 0 Å². The van der Waals surface area contributed by atoms with Crippen molar-refractivity contribution in [3.8, 4) is 0 Å². The first-order valence-electron chi connectivity index (χ1n) is 5.76. The van der Waals surface area contributed by atoms with Crippen molar-refractivity contribution < 1.29 is 4.79 Å². The summed E-state index contributed by atoms with van der Waals surface area (Å²) >= 11 is 1.63. The molecule has 2 N–H and O–H groups in total. The number of halogens is 2. The van der Waals surface area contributed by atoms with E-state index < -0.39 is 0 Å². The minimum absolute atomic E-state index is 0. The van der Waals surface area contributed by atoms with Crippen LogP contribution < -0.4 is 10.6 Å². The Morgan fingerprint density at radius 2 is 2.33 bits per heavy atom. The molecule has 1 atom stereocenters. The molecule has 1 aromatic heterocycles. The smallest absolute Gasteiger partial charge is 0.237 e. The maximum Gasteiger partial charge on any atom is 0.237 e. The largest absolute Gasteiger partial charge is 0.354 e. The molecule has 1 unspecified atom stereocenters. The number of hydrogen-bond donors (Lipinski definition) is 2. The van der Waals surface area contributed by atoms with Gasteiger partial charge in [-0.1, -0.05) is 6.42 Å². The number of nitrogens with zero attached hydrogens (tertiary/aromatic N) is 1. The molecule has 1 aliphatic rings. The van der Waals surface area contributed by atoms with Crippen molar-refractivity contribution in [3.63, 3.8) is 0 Å². The first-order valence-corrected chi connectivity index (χ1v) is 6.64. The Morgan fingerprint density at radius 1 is 1.50 bits per heavy atom. The maximum atomic E-state index is 11.7. The molecule has 1 aliphatic heterocycles. The van der Waals surface area contributed by atoms with Gasteiger partial charge >= 0.3 is 0 Å². The summed E-state index contributed by atoms with van der Waals surface area (Å²) in [6.45, 7) is 1.65. The minimum Gasteiger partial charge on any atom is -0.354 e. The standard InChI is InChI=1S/C11H17N3OS.2ClH/c15-11(9-3-1-2-5-12-9)14-6-4-10-13-7-8-16-10;;/h7-9,12H,1-6H2,(H,14,15);2*1H. The van der Waals surface area contributed by atoms with Gasteiger partial charge in [0.15, 0.2) is 0 Å². The summed E-state index contributed by atoms with van der Waals surface area (Å²) in [5.41, 5.74) is 0. The van der Waals surface area contributed by atoms with Crippen molar-refractivity contribution in [2.45, 2.75) is 31.7 Å². The first kappa shape index (κ1) is 17.6. The van der Waals surface area contributed by atoms with Gasteiger partial charge in [-0.15, -0.1) is 36.2 Å². The van der Waals surface area contributed by atoms with Gasteiger partial charge in [0.2, 0.25) is 5.91 Å². The van der Waals surface area contributed by atoms with Crippen molar-refractivity contribution in [1.82, 2.24) is 15.6 Å². The van der Waals surface area contributed by atoms with E-state index >= 15 is 0 Å². The molecule has 1 amide bonds. The van der Waals surface area contributed by atoms with Crippen LogP contribution in [0.4, 0.5) is 0 Å². The number of piperidine rings is 1. The summed E-state index contributed by atoms with van der Waals surface area (Å²) in [6.07, 6.45) is 5.92. The van der Waals surface area contributed by atoms with Crippen LogP contribution in [0, 0.1) is 0 Å². The Morgan fingerprint density at radius 3 is 2.94 bits per heavy atom. The molecule has 4 nitrogen and oxygen atoms in total. The highest BCUT2D eigenvalue weighted by Gasteiger charge is 2.19. The van der Waals surface area contributed by atoms with Crippen molar-refractivity contribution in [2.24, 2.45) is 0 Å². The van der Waals surface area contributed by atoms with Crippen molar-refractivity contribution in [2.75, 3.05) is 13.1 Å². The SMILES string of the molecule is Cl.Cl.O=C(NCCc1nccs1)C1CCCCN1. The second-order valence-electron chi connectivity index (χ2n) is 3.97. The second-order valence-corrected chi connectivity index (χ2v) is 4.95. The van der Waals surface area contributed by atoms with E-state index in [0.717, 1.165) is 30.8 Å². The highest BCUT2D eigenvalue weighted by atomic mass is 35.5. The molecule has 0 saturated carbocycles. The number of nitrogens with one attached hydrogen (secondary N) is 2. The number of rotatable bonds is 4. The molecule has 0 aromatic carbocycles. The Labute approximate surface area is 124 Å². The van der Waals surface area contributed by atoms with Gasteiger partial charge in [0.1, 0.15) is 0 Å². The van der Waals surface area contributed by atoms with Crippen LogP contribution in [-0.4, -0.2) is 30.0 Å². The van der Waals surface area contributed by atoms with Gasteiger partial charge in [0, 0.05) is 24.5 Å². The molecule has 1 fully saturated rings. The number of amides is 1. The second kappa shape index (κ2) is 9.55. The summed E-state index contributed by atoms with van der Waals surface area (Å²) in [4.78, 5) is 15.9. The predicted molar refractivity (Wildman–Crippen MR) is 79.0 cm³/mol. The summed E-state index contributed by atoms with van der Waals surface area (Å²) in [7, 11) is 0. The summed E-state index contributed by atoms with van der Waals surface area (Å²) in [5.74, 6) is 0.135. The fraction of sp³-hybridized carbons (Fsp3) is 0.636. The number of hydrogen-bond acceptors (Lipinski definition) is 4. The molecule has 0 bridgehead atoms. The van der Waals surface area contributed by atoms with Crippen LogP contribution in [-0.2, 0) is 11.2 Å². The summed E-state index contributed by atoms with van der Waals surface area (Å²) < 4.78 is 0. The third-order valence-corrected chi connectivity index (χ3v) is 3.59. The molecular formula is C11H19Cl2N3OS. The van der Waals surface area contributed by atoms with E-state index in [1.54, 1.807) is 17.5 Å². The Bertz CT molecular complexity index is 329. The van der Waals surface area contributed by atoms with Gasteiger partial charge in [-0.3, -0.25) is 4.79 Å². The van der Waals surface area contributed by atoms with E-state index in [1.807, 2.05) is 5.38 Å². The number of carbonyl (C=O) groups is 1. The molecule has 1 saturated heterocycles. The van der Waals surface area contributed by atoms with E-state index in [4.69, 9.17) is 0 Å². The molecule has 2 heterocycles. The van der Waals surface area contributed by atoms with Crippen LogP contribution >= 0.6 is 36.2 Å². The number of aromatic nitrogens is 1. The Balaban J connectivity index is 0.00000144. The van der Waals surface area contributed by atoms with Gasteiger partial charge in [-0.25, -0.2) is 4.98 Å². The molecule has 0 spiro atoms. The van der Waals surface area contributed by atoms with Gasteiger partial charge in [-0.05, 0) is 19.4 Å². The minimum atomic E-state index is 0. The highest BCUT2D eigenvalue weighted by Crippen LogP contribution is 2.07. The third kappa shape index (κ3) is 5.52. The van der Waals surface area contributed by atoms with Gasteiger partial charge in [0.25, 0.3) is 0 Å². The molecule has 2 rings (SSSR count). The van der Waals surface area contributed by atoms with E-state index in [1.165, 1.54) is 6.42 Å². The van der Waals surface area contributed by atoms with Crippen molar-refractivity contribution >= 4 is 42.1 Å². The third-order valence-electron chi connectivity index (χ3n) is 2.75. The zero-order valence-electron chi connectivity index (χ0n) is 10.1. The van der Waals surface area contributed by atoms with Gasteiger partial charge in [-0.2, -0.15) is 0 Å². The zero-order chi connectivity index (χ0) is 11.2. The van der Waals surface area contributed by atoms with E-state index in [-0.39, 0.29) is 36.8 Å². The lowest BCUT2D eigenvalue weighted by Crippen LogP contribution is -2.47. The fourth-order valence-electron chi connectivity index (χ4n) is 1.87. The quantitative estimate of drug-likeness (QED) is 0.891. The lowest BCUT2D eigenvalue weighted by Gasteiger charge is -2.22. The van der Waals surface area contributed by atoms with Crippen molar-refractivity contribution in [1.29, 1.82) is 0 Å². The van der Waals surface area contributed by atoms with Gasteiger partial charge in [0.05, 0.1) is 11.0 Å². The Hall–Kier alpha value is -0.360. The van der Waals surface area contributed by atoms with Crippen LogP contribution in [0.15, 0.2) is 11.6 Å². The maximum absolute atomic E-state index is 11.7. The van der Waals surface area contributed by atoms with Gasteiger partial charge < -0.3 is 10.6 Å². The first-order chi connectivity index (χ1) is 7.86. The van der Waals surface area contributed by atoms with E-state index in [9.17, 15) is 4.79 Å². The van der Waals surface area contributed by atoms with Crippen LogP contribution in [0.25, 0.3) is 0 Å². The normalized spacial score (nSPS) is 18.3. The molecule has 18 heavy (non-hydrogen) atoms. The molecule has 1 aromatic rings. The predicted octanol–water partition coefficient (Wildman–Crippen LogP) is 1.79. The fourth-order valence-corrected chi connectivity index (χ4v) is 2.49. The monoisotopic (exact) mass is 311 g/mol. The number of thiazole rings is 1. The zero-order valence-corrected chi connectivity index (χ0v) is 12.5. The summed E-state index contributed by atoms with van der Waals surface area (Å²) in [6, 6.07) is 0.0186. The average Bonchev–Trinajstić information content (AvgIpc) is 2.83. The summed E-state index contributed by atoms with van der Waals surface area (Å²) in [5, 5.41) is 9.23. The Kier molecular flexibility index (Phi) is 9.36. The van der Waals surface area contributed by atoms with Crippen molar-refractivity contribution in [3.05, 3.63) is 16.6 Å². The topological polar surface area (TPSA) is 54.0 Å². The van der Waals surface area contributed by atoms with E-state index in [2.05, 4.69) is 15.6 Å². The molecule has 104 valence electrons.